The van der Waals surface area contributed by atoms with Crippen LogP contribution in [0.5, 0.6) is 0 Å². The average molecular weight is 283 g/mol. The zero-order valence-electron chi connectivity index (χ0n) is 11.1. The summed E-state index contributed by atoms with van der Waals surface area (Å²) in [6.07, 6.45) is 0. The molecule has 0 radical (unpaired) electrons. The van der Waals surface area contributed by atoms with Crippen LogP contribution in [0.1, 0.15) is 0 Å². The van der Waals surface area contributed by atoms with Gasteiger partial charge in [0.25, 0.3) is 0 Å². The van der Waals surface area contributed by atoms with Gasteiger partial charge in [-0.05, 0) is 24.3 Å². The number of aliphatic hydroxyl groups is 1. The van der Waals surface area contributed by atoms with Gasteiger partial charge in [0.05, 0.1) is 11.4 Å². The smallest absolute Gasteiger partial charge is 0.354 e. The van der Waals surface area contributed by atoms with Gasteiger partial charge in [-0.3, -0.25) is 0 Å². The van der Waals surface area contributed by atoms with E-state index in [-0.39, 0.29) is 0 Å². The van der Waals surface area contributed by atoms with Crippen molar-refractivity contribution in [3.8, 4) is 11.4 Å². The molecule has 3 aromatic rings. The van der Waals surface area contributed by atoms with E-state index in [1.165, 1.54) is 9.36 Å². The van der Waals surface area contributed by atoms with Gasteiger partial charge in [-0.15, -0.1) is 0 Å². The SMILES string of the molecule is O=c1n(CO)c(=O)n(-c2ccccc2)n1-c1ccccc1. The van der Waals surface area contributed by atoms with E-state index in [4.69, 9.17) is 0 Å². The van der Waals surface area contributed by atoms with E-state index in [1.807, 2.05) is 12.1 Å². The van der Waals surface area contributed by atoms with Crippen molar-refractivity contribution in [2.24, 2.45) is 0 Å². The molecule has 0 saturated heterocycles. The van der Waals surface area contributed by atoms with E-state index in [1.54, 1.807) is 48.5 Å². The minimum Gasteiger partial charge on any atom is -0.376 e. The number of nitrogens with zero attached hydrogens (tertiary/aromatic N) is 3. The Morgan fingerprint density at radius 1 is 0.714 bits per heavy atom. The van der Waals surface area contributed by atoms with Gasteiger partial charge in [-0.25, -0.2) is 14.2 Å². The summed E-state index contributed by atoms with van der Waals surface area (Å²) in [4.78, 5) is 24.7. The molecule has 0 aliphatic heterocycles. The van der Waals surface area contributed by atoms with Crippen LogP contribution in [0.25, 0.3) is 11.4 Å². The van der Waals surface area contributed by atoms with Crippen molar-refractivity contribution in [3.63, 3.8) is 0 Å². The van der Waals surface area contributed by atoms with Crippen molar-refractivity contribution in [1.82, 2.24) is 13.9 Å². The minimum atomic E-state index is -0.662. The molecular formula is C15H13N3O3. The molecule has 2 aromatic carbocycles. The van der Waals surface area contributed by atoms with Gasteiger partial charge in [0.2, 0.25) is 0 Å². The molecule has 0 saturated carbocycles. The standard InChI is InChI=1S/C15H13N3O3/c19-11-16-14(20)17(12-7-3-1-4-8-12)18(15(16)21)13-9-5-2-6-10-13/h1-10,19H,11H2. The molecule has 1 heterocycles. The van der Waals surface area contributed by atoms with Crippen molar-refractivity contribution in [1.29, 1.82) is 0 Å². The first-order valence-corrected chi connectivity index (χ1v) is 6.40. The second-order valence-electron chi connectivity index (χ2n) is 4.43. The van der Waals surface area contributed by atoms with Crippen LogP contribution in [-0.4, -0.2) is 19.0 Å². The van der Waals surface area contributed by atoms with E-state index in [2.05, 4.69) is 0 Å². The molecule has 0 bridgehead atoms. The third kappa shape index (κ3) is 2.11. The maximum atomic E-state index is 12.4. The van der Waals surface area contributed by atoms with Gasteiger partial charge in [0.1, 0.15) is 6.73 Å². The second kappa shape index (κ2) is 5.26. The van der Waals surface area contributed by atoms with Crippen LogP contribution in [0.15, 0.2) is 70.3 Å². The van der Waals surface area contributed by atoms with E-state index in [0.29, 0.717) is 11.4 Å². The van der Waals surface area contributed by atoms with E-state index in [0.717, 1.165) is 4.57 Å². The summed E-state index contributed by atoms with van der Waals surface area (Å²) in [5.41, 5.74) is -0.0681. The Bertz CT molecular complexity index is 790. The Morgan fingerprint density at radius 3 is 1.43 bits per heavy atom. The molecule has 0 aliphatic rings. The Hall–Kier alpha value is -2.86. The quantitative estimate of drug-likeness (QED) is 0.771. The van der Waals surface area contributed by atoms with Gasteiger partial charge in [-0.2, -0.15) is 9.36 Å². The first kappa shape index (κ1) is 13.1. The Kier molecular flexibility index (Phi) is 3.29. The maximum Gasteiger partial charge on any atom is 0.354 e. The van der Waals surface area contributed by atoms with Crippen molar-refractivity contribution in [2.75, 3.05) is 0 Å². The molecular weight excluding hydrogens is 270 g/mol. The average Bonchev–Trinajstić information content (AvgIpc) is 2.79. The van der Waals surface area contributed by atoms with E-state index < -0.39 is 18.1 Å². The first-order chi connectivity index (χ1) is 10.2. The summed E-state index contributed by atoms with van der Waals surface area (Å²) in [6.45, 7) is -0.662. The predicted octanol–water partition coefficient (Wildman–Crippen LogP) is 0.740. The van der Waals surface area contributed by atoms with E-state index >= 15 is 0 Å². The fraction of sp³-hybridized carbons (Fsp3) is 0.0667. The number of benzene rings is 2. The highest BCUT2D eigenvalue weighted by atomic mass is 16.3. The third-order valence-electron chi connectivity index (χ3n) is 3.17. The number of hydrogen-bond donors (Lipinski definition) is 1. The lowest BCUT2D eigenvalue weighted by atomic mass is 10.3. The van der Waals surface area contributed by atoms with Crippen LogP contribution in [0.4, 0.5) is 0 Å². The van der Waals surface area contributed by atoms with Gasteiger partial charge < -0.3 is 5.11 Å². The number of para-hydroxylation sites is 2. The number of rotatable bonds is 3. The van der Waals surface area contributed by atoms with Crippen molar-refractivity contribution in [2.45, 2.75) is 6.73 Å². The van der Waals surface area contributed by atoms with Gasteiger partial charge in [0, 0.05) is 0 Å². The van der Waals surface area contributed by atoms with Crippen LogP contribution in [0.3, 0.4) is 0 Å². The molecule has 21 heavy (non-hydrogen) atoms. The zero-order valence-corrected chi connectivity index (χ0v) is 11.1. The van der Waals surface area contributed by atoms with Crippen LogP contribution in [0, 0.1) is 0 Å². The van der Waals surface area contributed by atoms with Gasteiger partial charge in [-0.1, -0.05) is 36.4 Å². The van der Waals surface area contributed by atoms with Crippen molar-refractivity contribution >= 4 is 0 Å². The Balaban J connectivity index is 2.39. The number of aliphatic hydroxyl groups excluding tert-OH is 1. The number of hydrogen-bond acceptors (Lipinski definition) is 3. The van der Waals surface area contributed by atoms with Gasteiger partial charge in [0.15, 0.2) is 0 Å². The van der Waals surface area contributed by atoms with Crippen LogP contribution < -0.4 is 11.4 Å². The molecule has 0 fully saturated rings. The summed E-state index contributed by atoms with van der Waals surface area (Å²) in [5, 5.41) is 9.27. The van der Waals surface area contributed by atoms with Gasteiger partial charge >= 0.3 is 11.4 Å². The summed E-state index contributed by atoms with van der Waals surface area (Å²) in [6, 6.07) is 17.6. The summed E-state index contributed by atoms with van der Waals surface area (Å²) < 4.78 is 3.27. The molecule has 6 nitrogen and oxygen atoms in total. The molecule has 6 heteroatoms. The van der Waals surface area contributed by atoms with Crippen molar-refractivity contribution < 1.29 is 5.11 Å². The van der Waals surface area contributed by atoms with E-state index in [9.17, 15) is 14.7 Å². The second-order valence-corrected chi connectivity index (χ2v) is 4.43. The molecule has 106 valence electrons. The van der Waals surface area contributed by atoms with Crippen LogP contribution >= 0.6 is 0 Å². The molecule has 3 rings (SSSR count). The third-order valence-corrected chi connectivity index (χ3v) is 3.17. The Morgan fingerprint density at radius 2 is 1.10 bits per heavy atom. The van der Waals surface area contributed by atoms with Crippen LogP contribution in [-0.2, 0) is 6.73 Å². The molecule has 0 atom stereocenters. The fourth-order valence-corrected chi connectivity index (χ4v) is 2.19. The zero-order chi connectivity index (χ0) is 14.8. The Labute approximate surface area is 119 Å². The topological polar surface area (TPSA) is 69.2 Å². The summed E-state index contributed by atoms with van der Waals surface area (Å²) in [7, 11) is 0. The molecule has 1 N–H and O–H groups in total. The normalized spacial score (nSPS) is 10.7. The summed E-state index contributed by atoms with van der Waals surface area (Å²) >= 11 is 0. The summed E-state index contributed by atoms with van der Waals surface area (Å²) in [5.74, 6) is 0. The fourth-order valence-electron chi connectivity index (χ4n) is 2.19. The lowest BCUT2D eigenvalue weighted by Crippen LogP contribution is -2.28. The maximum absolute atomic E-state index is 12.4. The molecule has 0 aliphatic carbocycles. The molecule has 0 amide bonds. The highest BCUT2D eigenvalue weighted by molar-refractivity contribution is 5.35. The predicted molar refractivity (Wildman–Crippen MR) is 77.8 cm³/mol. The molecule has 0 unspecified atom stereocenters. The lowest BCUT2D eigenvalue weighted by molar-refractivity contribution is 0.201. The molecule has 1 aromatic heterocycles. The van der Waals surface area contributed by atoms with Crippen LogP contribution in [0.2, 0.25) is 0 Å². The highest BCUT2D eigenvalue weighted by Gasteiger charge is 2.17. The highest BCUT2D eigenvalue weighted by Crippen LogP contribution is 2.08. The first-order valence-electron chi connectivity index (χ1n) is 6.40. The monoisotopic (exact) mass is 283 g/mol. The largest absolute Gasteiger partial charge is 0.376 e. The number of aromatic nitrogens is 3. The minimum absolute atomic E-state index is 0.552. The van der Waals surface area contributed by atoms with Crippen molar-refractivity contribution in [3.05, 3.63) is 81.6 Å². The molecule has 0 spiro atoms. The lowest BCUT2D eigenvalue weighted by Gasteiger charge is -2.08.